The molecule has 1 aromatic carbocycles. The first-order chi connectivity index (χ1) is 7.59. The van der Waals surface area contributed by atoms with Gasteiger partial charge in [-0.05, 0) is 37.6 Å². The third kappa shape index (κ3) is 1.72. The maximum absolute atomic E-state index is 12.1. The van der Waals surface area contributed by atoms with Crippen LogP contribution in [-0.2, 0) is 0 Å². The number of anilines is 1. The Kier molecular flexibility index (Phi) is 2.52. The van der Waals surface area contributed by atoms with Crippen LogP contribution in [0.4, 0.5) is 5.69 Å². The molecule has 0 unspecified atom stereocenters. The van der Waals surface area contributed by atoms with Gasteiger partial charge in [-0.3, -0.25) is 4.79 Å². The van der Waals surface area contributed by atoms with Crippen molar-refractivity contribution >= 4 is 11.5 Å². The summed E-state index contributed by atoms with van der Waals surface area (Å²) in [6, 6.07) is 9.14. The van der Waals surface area contributed by atoms with Gasteiger partial charge in [0.25, 0.3) is 0 Å². The number of carbonyl (C=O) groups excluding carboxylic acids is 1. The van der Waals surface area contributed by atoms with Gasteiger partial charge in [0, 0.05) is 16.9 Å². The minimum absolute atomic E-state index is 0.0608. The topological polar surface area (TPSA) is 58.9 Å². The van der Waals surface area contributed by atoms with Crippen LogP contribution < -0.4 is 5.73 Å². The lowest BCUT2D eigenvalue weighted by Gasteiger charge is -2.05. The van der Waals surface area contributed by atoms with Crippen molar-refractivity contribution in [3.05, 3.63) is 52.8 Å². The molecule has 2 rings (SSSR count). The highest BCUT2D eigenvalue weighted by Gasteiger charge is 2.14. The number of hydrogen-bond donors (Lipinski definition) is 2. The number of aromatic amines is 1. The number of aryl methyl sites for hydroxylation is 2. The van der Waals surface area contributed by atoms with E-state index in [-0.39, 0.29) is 5.78 Å². The Balaban J connectivity index is 2.45. The van der Waals surface area contributed by atoms with Gasteiger partial charge in [0.2, 0.25) is 5.78 Å². The van der Waals surface area contributed by atoms with Gasteiger partial charge in [-0.25, -0.2) is 0 Å². The summed E-state index contributed by atoms with van der Waals surface area (Å²) < 4.78 is 0. The van der Waals surface area contributed by atoms with Crippen molar-refractivity contribution in [1.82, 2.24) is 4.98 Å². The fourth-order valence-electron chi connectivity index (χ4n) is 1.66. The lowest BCUT2D eigenvalue weighted by atomic mass is 10.0. The highest BCUT2D eigenvalue weighted by Crippen LogP contribution is 2.19. The number of nitrogens with two attached hydrogens (primary N) is 1. The number of benzene rings is 1. The van der Waals surface area contributed by atoms with Gasteiger partial charge in [0.05, 0.1) is 5.69 Å². The van der Waals surface area contributed by atoms with Crippen LogP contribution in [0.2, 0.25) is 0 Å². The van der Waals surface area contributed by atoms with E-state index in [1.54, 1.807) is 12.1 Å². The van der Waals surface area contributed by atoms with Gasteiger partial charge < -0.3 is 10.7 Å². The van der Waals surface area contributed by atoms with E-state index >= 15 is 0 Å². The molecule has 0 atom stereocenters. The summed E-state index contributed by atoms with van der Waals surface area (Å²) in [4.78, 5) is 15.1. The second kappa shape index (κ2) is 3.85. The molecule has 0 radical (unpaired) electrons. The maximum atomic E-state index is 12.1. The SMILES string of the molecule is Cc1ccc(C(=O)c2cccc(C)c2N)[nH]1. The number of carbonyl (C=O) groups is 1. The number of aromatic nitrogens is 1. The average Bonchev–Trinajstić information content (AvgIpc) is 2.68. The highest BCUT2D eigenvalue weighted by atomic mass is 16.1. The molecule has 2 aromatic rings. The van der Waals surface area contributed by atoms with Crippen molar-refractivity contribution in [3.63, 3.8) is 0 Å². The lowest BCUT2D eigenvalue weighted by molar-refractivity contribution is 0.103. The summed E-state index contributed by atoms with van der Waals surface area (Å²) in [6.07, 6.45) is 0. The van der Waals surface area contributed by atoms with Crippen molar-refractivity contribution in [3.8, 4) is 0 Å². The Morgan fingerprint density at radius 3 is 2.56 bits per heavy atom. The van der Waals surface area contributed by atoms with Crippen LogP contribution in [0.5, 0.6) is 0 Å². The molecule has 0 aliphatic carbocycles. The molecule has 0 aliphatic rings. The molecule has 0 saturated heterocycles. The Morgan fingerprint density at radius 2 is 1.94 bits per heavy atom. The van der Waals surface area contributed by atoms with Crippen LogP contribution >= 0.6 is 0 Å². The van der Waals surface area contributed by atoms with Gasteiger partial charge >= 0.3 is 0 Å². The highest BCUT2D eigenvalue weighted by molar-refractivity contribution is 6.11. The standard InChI is InChI=1S/C13H14N2O/c1-8-4-3-5-10(12(8)14)13(16)11-7-6-9(2)15-11/h3-7,15H,14H2,1-2H3. The van der Waals surface area contributed by atoms with Crippen LogP contribution in [0.25, 0.3) is 0 Å². The van der Waals surface area contributed by atoms with E-state index in [0.29, 0.717) is 16.9 Å². The summed E-state index contributed by atoms with van der Waals surface area (Å²) >= 11 is 0. The molecule has 0 bridgehead atoms. The predicted octanol–water partition coefficient (Wildman–Crippen LogP) is 2.44. The van der Waals surface area contributed by atoms with Crippen LogP contribution in [0.1, 0.15) is 27.3 Å². The molecule has 16 heavy (non-hydrogen) atoms. The number of nitrogen functional groups attached to an aromatic ring is 1. The second-order valence-electron chi connectivity index (χ2n) is 3.92. The number of rotatable bonds is 2. The summed E-state index contributed by atoms with van der Waals surface area (Å²) in [5.41, 5.74) is 9.48. The zero-order chi connectivity index (χ0) is 11.7. The summed E-state index contributed by atoms with van der Waals surface area (Å²) in [5, 5.41) is 0. The van der Waals surface area contributed by atoms with E-state index in [4.69, 9.17) is 5.73 Å². The van der Waals surface area contributed by atoms with E-state index in [9.17, 15) is 4.79 Å². The fourth-order valence-corrected chi connectivity index (χ4v) is 1.66. The predicted molar refractivity (Wildman–Crippen MR) is 64.6 cm³/mol. The van der Waals surface area contributed by atoms with Crippen LogP contribution in [0.3, 0.4) is 0 Å². The number of hydrogen-bond acceptors (Lipinski definition) is 2. The van der Waals surface area contributed by atoms with E-state index in [1.807, 2.05) is 32.0 Å². The van der Waals surface area contributed by atoms with Crippen molar-refractivity contribution < 1.29 is 4.79 Å². The van der Waals surface area contributed by atoms with E-state index in [0.717, 1.165) is 11.3 Å². The number of nitrogens with one attached hydrogen (secondary N) is 1. The number of ketones is 1. The number of para-hydroxylation sites is 1. The first-order valence-electron chi connectivity index (χ1n) is 5.15. The molecule has 1 aromatic heterocycles. The zero-order valence-corrected chi connectivity index (χ0v) is 9.37. The van der Waals surface area contributed by atoms with Gasteiger partial charge in [-0.1, -0.05) is 12.1 Å². The van der Waals surface area contributed by atoms with Gasteiger partial charge in [0.15, 0.2) is 0 Å². The first-order valence-corrected chi connectivity index (χ1v) is 5.15. The Labute approximate surface area is 94.3 Å². The lowest BCUT2D eigenvalue weighted by Crippen LogP contribution is -2.06. The second-order valence-corrected chi connectivity index (χ2v) is 3.92. The molecule has 3 heteroatoms. The zero-order valence-electron chi connectivity index (χ0n) is 9.37. The van der Waals surface area contributed by atoms with E-state index in [1.165, 1.54) is 0 Å². The molecule has 3 nitrogen and oxygen atoms in total. The third-order valence-corrected chi connectivity index (χ3v) is 2.65. The molecule has 0 amide bonds. The molecule has 82 valence electrons. The quantitative estimate of drug-likeness (QED) is 0.596. The summed E-state index contributed by atoms with van der Waals surface area (Å²) in [7, 11) is 0. The first kappa shape index (κ1) is 10.5. The Morgan fingerprint density at radius 1 is 1.19 bits per heavy atom. The Hall–Kier alpha value is -2.03. The molecule has 3 N–H and O–H groups in total. The molecule has 0 aliphatic heterocycles. The van der Waals surface area contributed by atoms with Crippen LogP contribution in [0.15, 0.2) is 30.3 Å². The van der Waals surface area contributed by atoms with Crippen LogP contribution in [-0.4, -0.2) is 10.8 Å². The molecular weight excluding hydrogens is 200 g/mol. The molecular formula is C13H14N2O. The molecule has 1 heterocycles. The van der Waals surface area contributed by atoms with E-state index < -0.39 is 0 Å². The van der Waals surface area contributed by atoms with Crippen LogP contribution in [0, 0.1) is 13.8 Å². The summed E-state index contributed by atoms with van der Waals surface area (Å²) in [6.45, 7) is 3.81. The smallest absolute Gasteiger partial charge is 0.211 e. The van der Waals surface area contributed by atoms with E-state index in [2.05, 4.69) is 4.98 Å². The third-order valence-electron chi connectivity index (χ3n) is 2.65. The molecule has 0 fully saturated rings. The van der Waals surface area contributed by atoms with Gasteiger partial charge in [-0.15, -0.1) is 0 Å². The normalized spacial score (nSPS) is 10.4. The van der Waals surface area contributed by atoms with Crippen molar-refractivity contribution in [1.29, 1.82) is 0 Å². The minimum atomic E-state index is -0.0608. The molecule has 0 saturated carbocycles. The minimum Gasteiger partial charge on any atom is -0.398 e. The fraction of sp³-hybridized carbons (Fsp3) is 0.154. The number of H-pyrrole nitrogens is 1. The average molecular weight is 214 g/mol. The Bertz CT molecular complexity index is 541. The van der Waals surface area contributed by atoms with Crippen molar-refractivity contribution in [2.45, 2.75) is 13.8 Å². The maximum Gasteiger partial charge on any atom is 0.211 e. The largest absolute Gasteiger partial charge is 0.398 e. The monoisotopic (exact) mass is 214 g/mol. The molecule has 0 spiro atoms. The van der Waals surface area contributed by atoms with Gasteiger partial charge in [-0.2, -0.15) is 0 Å². The van der Waals surface area contributed by atoms with Crippen molar-refractivity contribution in [2.75, 3.05) is 5.73 Å². The van der Waals surface area contributed by atoms with Crippen molar-refractivity contribution in [2.24, 2.45) is 0 Å². The summed E-state index contributed by atoms with van der Waals surface area (Å²) in [5.74, 6) is -0.0608. The van der Waals surface area contributed by atoms with Gasteiger partial charge in [0.1, 0.15) is 0 Å².